The predicted molar refractivity (Wildman–Crippen MR) is 141 cm³/mol. The van der Waals surface area contributed by atoms with Gasteiger partial charge in [0.1, 0.15) is 12.3 Å². The number of nitrogens with zero attached hydrogens (tertiary/aromatic N) is 1. The molecular weight excluding hydrogens is 504 g/mol. The third-order valence-corrected chi connectivity index (χ3v) is 8.94. The van der Waals surface area contributed by atoms with Crippen LogP contribution >= 0.6 is 0 Å². The molecule has 1 fully saturated rings. The molecule has 2 aliphatic rings. The van der Waals surface area contributed by atoms with E-state index >= 15 is 0 Å². The van der Waals surface area contributed by atoms with Gasteiger partial charge in [-0.2, -0.15) is 0 Å². The van der Waals surface area contributed by atoms with Gasteiger partial charge in [-0.25, -0.2) is 9.59 Å². The topological polar surface area (TPSA) is 108 Å². The number of β-lactam (4-membered cyclic amide) rings is 1. The lowest BCUT2D eigenvalue weighted by molar-refractivity contribution is -0.159. The van der Waals surface area contributed by atoms with Crippen LogP contribution in [0, 0.1) is 0 Å². The molecule has 4 atom stereocenters. The Bertz CT molecular complexity index is 1380. The third-order valence-electron chi connectivity index (χ3n) is 6.84. The zero-order valence-electron chi connectivity index (χ0n) is 20.8. The number of amides is 2. The Kier molecular flexibility index (Phi) is 6.96. The number of hydrogen-bond donors (Lipinski definition) is 1. The number of esters is 1. The molecule has 1 saturated heterocycles. The van der Waals surface area contributed by atoms with E-state index in [4.69, 9.17) is 9.47 Å². The number of hydrogen-bond acceptors (Lipinski definition) is 6. The molecule has 2 unspecified atom stereocenters. The van der Waals surface area contributed by atoms with Gasteiger partial charge in [-0.15, -0.1) is 0 Å². The van der Waals surface area contributed by atoms with E-state index in [1.54, 1.807) is 37.3 Å². The quantitative estimate of drug-likeness (QED) is 0.294. The van der Waals surface area contributed by atoms with Gasteiger partial charge in [0.15, 0.2) is 5.25 Å². The minimum absolute atomic E-state index is 0.0116. The second kappa shape index (κ2) is 10.4. The number of nitrogens with one attached hydrogen (secondary N) is 1. The van der Waals surface area contributed by atoms with Crippen LogP contribution in [0.4, 0.5) is 4.79 Å². The van der Waals surface area contributed by atoms with Gasteiger partial charge in [0.25, 0.3) is 5.91 Å². The normalized spacial score (nSPS) is 24.2. The number of methoxy groups -OCH3 is 1. The molecule has 0 aromatic heterocycles. The largest absolute Gasteiger partial charge is 0.614 e. The Morgan fingerprint density at radius 3 is 2.16 bits per heavy atom. The van der Waals surface area contributed by atoms with Crippen molar-refractivity contribution in [1.82, 2.24) is 10.2 Å². The van der Waals surface area contributed by atoms with E-state index in [1.165, 1.54) is 12.0 Å². The summed E-state index contributed by atoms with van der Waals surface area (Å²) in [5, 5.41) is 0.957. The van der Waals surface area contributed by atoms with Gasteiger partial charge in [0, 0.05) is 11.1 Å². The summed E-state index contributed by atoms with van der Waals surface area (Å²) >= 11 is -1.76. The van der Waals surface area contributed by atoms with Crippen LogP contribution in [0.2, 0.25) is 0 Å². The van der Waals surface area contributed by atoms with Crippen molar-refractivity contribution >= 4 is 29.1 Å². The molecule has 2 heterocycles. The van der Waals surface area contributed by atoms with E-state index in [2.05, 4.69) is 5.32 Å². The fourth-order valence-corrected chi connectivity index (χ4v) is 7.28. The highest BCUT2D eigenvalue weighted by Gasteiger charge is 2.73. The molecule has 1 N–H and O–H groups in total. The van der Waals surface area contributed by atoms with Crippen LogP contribution in [0.25, 0.3) is 0 Å². The lowest BCUT2D eigenvalue weighted by Crippen LogP contribution is -2.81. The Hall–Kier alpha value is -4.08. The van der Waals surface area contributed by atoms with Gasteiger partial charge in [0.05, 0.1) is 7.11 Å². The lowest BCUT2D eigenvalue weighted by atomic mass is 9.79. The second-order valence-electron chi connectivity index (χ2n) is 9.03. The van der Waals surface area contributed by atoms with Crippen molar-refractivity contribution in [2.24, 2.45) is 0 Å². The molecule has 9 heteroatoms. The lowest BCUT2D eigenvalue weighted by Gasteiger charge is -2.57. The number of benzene rings is 3. The summed E-state index contributed by atoms with van der Waals surface area (Å²) < 4.78 is 24.8. The fourth-order valence-electron chi connectivity index (χ4n) is 5.09. The molecule has 2 aliphatic heterocycles. The zero-order chi connectivity index (χ0) is 26.9. The molecule has 0 saturated carbocycles. The van der Waals surface area contributed by atoms with Gasteiger partial charge in [-0.05, 0) is 29.2 Å². The first-order chi connectivity index (χ1) is 18.4. The van der Waals surface area contributed by atoms with E-state index in [0.717, 1.165) is 11.1 Å². The maximum atomic E-state index is 14.3. The smallest absolute Gasteiger partial charge is 0.408 e. The number of rotatable bonds is 6. The van der Waals surface area contributed by atoms with E-state index in [-0.39, 0.29) is 12.3 Å². The van der Waals surface area contributed by atoms with Crippen molar-refractivity contribution in [1.29, 1.82) is 0 Å². The average Bonchev–Trinajstić information content (AvgIpc) is 2.95. The van der Waals surface area contributed by atoms with Crippen molar-refractivity contribution in [2.45, 2.75) is 29.7 Å². The maximum absolute atomic E-state index is 14.3. The Labute approximate surface area is 223 Å². The predicted octanol–water partition coefficient (Wildman–Crippen LogP) is 3.93. The van der Waals surface area contributed by atoms with Gasteiger partial charge in [-0.3, -0.25) is 15.0 Å². The van der Waals surface area contributed by atoms with Gasteiger partial charge in [-0.1, -0.05) is 91.0 Å². The van der Waals surface area contributed by atoms with Crippen LogP contribution in [0.5, 0.6) is 0 Å². The summed E-state index contributed by atoms with van der Waals surface area (Å²) in [5.74, 6) is -1.31. The van der Waals surface area contributed by atoms with Crippen LogP contribution < -0.4 is 5.32 Å². The monoisotopic (exact) mass is 530 g/mol. The highest BCUT2D eigenvalue weighted by Crippen LogP contribution is 2.54. The van der Waals surface area contributed by atoms with Crippen LogP contribution in [0.1, 0.15) is 28.9 Å². The number of alkyl carbamates (subject to hydrolysis) is 1. The summed E-state index contributed by atoms with van der Waals surface area (Å²) in [7, 11) is 1.23. The molecule has 3 aromatic rings. The summed E-state index contributed by atoms with van der Waals surface area (Å²) in [5.41, 5.74) is 0.702. The van der Waals surface area contributed by atoms with Gasteiger partial charge < -0.3 is 14.0 Å². The Balaban J connectivity index is 1.58. The highest BCUT2D eigenvalue weighted by molar-refractivity contribution is 7.92. The number of fused-ring (bicyclic) bond motifs is 1. The van der Waals surface area contributed by atoms with Crippen molar-refractivity contribution in [3.63, 3.8) is 0 Å². The third kappa shape index (κ3) is 4.13. The molecule has 0 bridgehead atoms. The van der Waals surface area contributed by atoms with Crippen LogP contribution in [0.15, 0.2) is 102 Å². The minimum Gasteiger partial charge on any atom is -0.614 e. The summed E-state index contributed by atoms with van der Waals surface area (Å²) in [4.78, 5) is 41.2. The average molecular weight is 531 g/mol. The van der Waals surface area contributed by atoms with Crippen molar-refractivity contribution in [3.05, 3.63) is 119 Å². The van der Waals surface area contributed by atoms with Crippen LogP contribution in [-0.4, -0.2) is 39.9 Å². The number of ether oxygens (including phenoxy) is 2. The Morgan fingerprint density at radius 1 is 0.974 bits per heavy atom. The Morgan fingerprint density at radius 2 is 1.55 bits per heavy atom. The van der Waals surface area contributed by atoms with E-state index in [9.17, 15) is 18.9 Å². The SMILES string of the molecule is COC(=O)C1=C(C)C(c2ccccc2)[S+]([O-])[C@@H]2N1C(=O)[C@]2(NC(=O)OCc1ccccc1)c1ccccc1. The van der Waals surface area contributed by atoms with Gasteiger partial charge in [0.2, 0.25) is 10.9 Å². The van der Waals surface area contributed by atoms with E-state index < -0.39 is 45.3 Å². The molecule has 0 aliphatic carbocycles. The maximum Gasteiger partial charge on any atom is 0.408 e. The van der Waals surface area contributed by atoms with Crippen LogP contribution in [0.3, 0.4) is 0 Å². The molecule has 0 spiro atoms. The minimum atomic E-state index is -1.76. The number of carbonyl (C=O) groups excluding carboxylic acids is 3. The summed E-state index contributed by atoms with van der Waals surface area (Å²) in [6, 6.07) is 26.9. The summed E-state index contributed by atoms with van der Waals surface area (Å²) in [6.45, 7) is 1.66. The molecule has 2 amide bonds. The number of carbonyl (C=O) groups is 3. The van der Waals surface area contributed by atoms with Gasteiger partial charge >= 0.3 is 12.1 Å². The standard InChI is InChI=1S/C29H26N2O6S/c1-19-23(25(32)36-2)31-26(33)29(22-16-10-5-11-17-22,30-28(34)37-18-20-12-6-3-7-13-20)27(31)38(35)24(19)21-14-8-4-9-15-21/h3-17,24,27H,18H2,1-2H3,(H,30,34)/t24?,27-,29+,38?/m0/s1. The molecule has 8 nitrogen and oxygen atoms in total. The van der Waals surface area contributed by atoms with E-state index in [0.29, 0.717) is 11.1 Å². The fraction of sp³-hybridized carbons (Fsp3) is 0.207. The molecule has 5 rings (SSSR count). The molecule has 3 aromatic carbocycles. The first-order valence-corrected chi connectivity index (χ1v) is 13.3. The highest BCUT2D eigenvalue weighted by atomic mass is 32.2. The summed E-state index contributed by atoms with van der Waals surface area (Å²) in [6.07, 6.45) is -0.843. The first-order valence-electron chi connectivity index (χ1n) is 12.0. The molecule has 194 valence electrons. The first kappa shape index (κ1) is 25.6. The molecule has 0 radical (unpaired) electrons. The van der Waals surface area contributed by atoms with Crippen molar-refractivity contribution in [3.8, 4) is 0 Å². The second-order valence-corrected chi connectivity index (χ2v) is 10.6. The zero-order valence-corrected chi connectivity index (χ0v) is 21.6. The molecule has 38 heavy (non-hydrogen) atoms. The van der Waals surface area contributed by atoms with Crippen molar-refractivity contribution in [2.75, 3.05) is 7.11 Å². The van der Waals surface area contributed by atoms with Crippen LogP contribution in [-0.2, 0) is 42.4 Å². The van der Waals surface area contributed by atoms with E-state index in [1.807, 2.05) is 60.7 Å². The van der Waals surface area contributed by atoms with Crippen molar-refractivity contribution < 1.29 is 28.4 Å². The molecular formula is C29H26N2O6S.